The van der Waals surface area contributed by atoms with Gasteiger partial charge in [0.15, 0.2) is 11.5 Å². The zero-order chi connectivity index (χ0) is 11.7. The monoisotopic (exact) mass is 224 g/mol. The Morgan fingerprint density at radius 2 is 2.06 bits per heavy atom. The summed E-state index contributed by atoms with van der Waals surface area (Å²) in [4.78, 5) is 34.1. The summed E-state index contributed by atoms with van der Waals surface area (Å²) >= 11 is 0. The van der Waals surface area contributed by atoms with Gasteiger partial charge in [-0.3, -0.25) is 14.5 Å². The minimum absolute atomic E-state index is 0.0576. The van der Waals surface area contributed by atoms with Gasteiger partial charge in [0.2, 0.25) is 11.8 Å². The zero-order valence-electron chi connectivity index (χ0n) is 8.17. The summed E-state index contributed by atoms with van der Waals surface area (Å²) in [6, 6.07) is 1.20. The maximum Gasteiger partial charge on any atom is 0.358 e. The highest BCUT2D eigenvalue weighted by molar-refractivity contribution is 6.01. The summed E-state index contributed by atoms with van der Waals surface area (Å²) in [7, 11) is 0. The van der Waals surface area contributed by atoms with Gasteiger partial charge in [-0.15, -0.1) is 0 Å². The van der Waals surface area contributed by atoms with E-state index in [-0.39, 0.29) is 42.7 Å². The Hall–Kier alpha value is -2.18. The lowest BCUT2D eigenvalue weighted by Gasteiger charge is -2.10. The summed E-state index contributed by atoms with van der Waals surface area (Å²) in [5.74, 6) is -1.59. The number of carboxylic acids is 1. The quantitative estimate of drug-likeness (QED) is 0.726. The molecule has 1 aliphatic rings. The molecule has 0 aliphatic carbocycles. The average Bonchev–Trinajstić information content (AvgIpc) is 2.80. The van der Waals surface area contributed by atoms with Crippen LogP contribution >= 0.6 is 0 Å². The average molecular weight is 224 g/mol. The smallest absolute Gasteiger partial charge is 0.358 e. The molecule has 0 saturated carbocycles. The molecule has 7 heteroatoms. The molecular weight excluding hydrogens is 216 g/mol. The maximum atomic E-state index is 11.3. The number of amides is 2. The fourth-order valence-corrected chi connectivity index (χ4v) is 1.44. The third-order valence-electron chi connectivity index (χ3n) is 2.25. The standard InChI is InChI=1S/C9H8N2O5/c12-7-1-2-8(13)11(7)4-5-3-6(9(14)15)10-16-5/h3H,1-2,4H2,(H,14,15). The van der Waals surface area contributed by atoms with Crippen LogP contribution in [-0.4, -0.2) is 32.9 Å². The number of carbonyl (C=O) groups excluding carboxylic acids is 2. The summed E-state index contributed by atoms with van der Waals surface area (Å²) in [5, 5.41) is 11.9. The Balaban J connectivity index is 2.11. The summed E-state index contributed by atoms with van der Waals surface area (Å²) in [6.45, 7) is -0.0576. The van der Waals surface area contributed by atoms with Crippen LogP contribution in [0.3, 0.4) is 0 Å². The number of hydrogen-bond donors (Lipinski definition) is 1. The van der Waals surface area contributed by atoms with Crippen LogP contribution in [0.15, 0.2) is 10.6 Å². The number of aromatic carboxylic acids is 1. The Morgan fingerprint density at radius 3 is 2.56 bits per heavy atom. The number of carbonyl (C=O) groups is 3. The van der Waals surface area contributed by atoms with E-state index in [1.165, 1.54) is 6.07 Å². The number of imide groups is 1. The van der Waals surface area contributed by atoms with Crippen molar-refractivity contribution in [2.24, 2.45) is 0 Å². The largest absolute Gasteiger partial charge is 0.476 e. The van der Waals surface area contributed by atoms with Crippen molar-refractivity contribution in [3.63, 3.8) is 0 Å². The number of aromatic nitrogens is 1. The van der Waals surface area contributed by atoms with E-state index in [9.17, 15) is 14.4 Å². The lowest BCUT2D eigenvalue weighted by molar-refractivity contribution is -0.139. The fourth-order valence-electron chi connectivity index (χ4n) is 1.44. The third-order valence-corrected chi connectivity index (χ3v) is 2.25. The second-order valence-electron chi connectivity index (χ2n) is 3.36. The van der Waals surface area contributed by atoms with Crippen LogP contribution in [0.25, 0.3) is 0 Å². The molecule has 2 heterocycles. The molecule has 2 amide bonds. The van der Waals surface area contributed by atoms with Crippen LogP contribution < -0.4 is 0 Å². The van der Waals surface area contributed by atoms with Gasteiger partial charge in [0.05, 0.1) is 6.54 Å². The first-order valence-corrected chi connectivity index (χ1v) is 4.60. The molecule has 1 N–H and O–H groups in total. The minimum Gasteiger partial charge on any atom is -0.476 e. The first-order chi connectivity index (χ1) is 7.58. The molecule has 0 spiro atoms. The highest BCUT2D eigenvalue weighted by Gasteiger charge is 2.30. The van der Waals surface area contributed by atoms with Gasteiger partial charge in [-0.25, -0.2) is 4.79 Å². The van der Waals surface area contributed by atoms with Crippen LogP contribution in [0.4, 0.5) is 0 Å². The van der Waals surface area contributed by atoms with Crippen LogP contribution in [0.5, 0.6) is 0 Å². The zero-order valence-corrected chi connectivity index (χ0v) is 8.17. The highest BCUT2D eigenvalue weighted by Crippen LogP contribution is 2.16. The topological polar surface area (TPSA) is 101 Å². The molecule has 0 aromatic carbocycles. The Bertz CT molecular complexity index is 448. The minimum atomic E-state index is -1.21. The number of carboxylic acid groups (broad SMARTS) is 1. The first-order valence-electron chi connectivity index (χ1n) is 4.60. The van der Waals surface area contributed by atoms with Crippen LogP contribution in [0.2, 0.25) is 0 Å². The van der Waals surface area contributed by atoms with Gasteiger partial charge in [-0.1, -0.05) is 5.16 Å². The number of nitrogens with zero attached hydrogens (tertiary/aromatic N) is 2. The van der Waals surface area contributed by atoms with Gasteiger partial charge in [0, 0.05) is 18.9 Å². The number of rotatable bonds is 3. The van der Waals surface area contributed by atoms with E-state index < -0.39 is 5.97 Å². The fraction of sp³-hybridized carbons (Fsp3) is 0.333. The number of hydrogen-bond acceptors (Lipinski definition) is 5. The van der Waals surface area contributed by atoms with Crippen molar-refractivity contribution in [3.8, 4) is 0 Å². The third kappa shape index (κ3) is 1.79. The molecule has 1 saturated heterocycles. The first kappa shape index (κ1) is 10.3. The summed E-state index contributed by atoms with van der Waals surface area (Å²) in [5.41, 5.74) is -0.242. The number of likely N-dealkylation sites (tertiary alicyclic amines) is 1. The van der Waals surface area contributed by atoms with E-state index in [4.69, 9.17) is 9.63 Å². The molecule has 84 valence electrons. The van der Waals surface area contributed by atoms with E-state index in [1.54, 1.807) is 0 Å². The van der Waals surface area contributed by atoms with Gasteiger partial charge < -0.3 is 9.63 Å². The molecule has 1 aromatic heterocycles. The van der Waals surface area contributed by atoms with Crippen molar-refractivity contribution in [1.29, 1.82) is 0 Å². The SMILES string of the molecule is O=C(O)c1cc(CN2C(=O)CCC2=O)on1. The van der Waals surface area contributed by atoms with Crippen LogP contribution in [-0.2, 0) is 16.1 Å². The summed E-state index contributed by atoms with van der Waals surface area (Å²) in [6.07, 6.45) is 0.386. The van der Waals surface area contributed by atoms with E-state index in [2.05, 4.69) is 5.16 Å². The van der Waals surface area contributed by atoms with Crippen molar-refractivity contribution in [1.82, 2.24) is 10.1 Å². The molecule has 0 radical (unpaired) electrons. The molecule has 1 aliphatic heterocycles. The lowest BCUT2D eigenvalue weighted by Crippen LogP contribution is -2.28. The van der Waals surface area contributed by atoms with Gasteiger partial charge in [0.25, 0.3) is 0 Å². The molecule has 1 aromatic rings. The molecule has 7 nitrogen and oxygen atoms in total. The van der Waals surface area contributed by atoms with Crippen molar-refractivity contribution in [3.05, 3.63) is 17.5 Å². The predicted molar refractivity (Wildman–Crippen MR) is 48.3 cm³/mol. The molecule has 2 rings (SSSR count). The highest BCUT2D eigenvalue weighted by atomic mass is 16.5. The van der Waals surface area contributed by atoms with Crippen LogP contribution in [0.1, 0.15) is 29.1 Å². The normalized spacial score (nSPS) is 15.9. The molecule has 1 fully saturated rings. The second kappa shape index (κ2) is 3.76. The van der Waals surface area contributed by atoms with Crippen molar-refractivity contribution < 1.29 is 24.0 Å². The van der Waals surface area contributed by atoms with Crippen molar-refractivity contribution in [2.45, 2.75) is 19.4 Å². The van der Waals surface area contributed by atoms with Gasteiger partial charge in [-0.2, -0.15) is 0 Å². The van der Waals surface area contributed by atoms with Crippen molar-refractivity contribution in [2.75, 3.05) is 0 Å². The van der Waals surface area contributed by atoms with E-state index in [0.29, 0.717) is 0 Å². The van der Waals surface area contributed by atoms with E-state index in [0.717, 1.165) is 4.90 Å². The molecule has 16 heavy (non-hydrogen) atoms. The Labute approximate surface area is 89.6 Å². The Kier molecular flexibility index (Phi) is 2.43. The Morgan fingerprint density at radius 1 is 1.44 bits per heavy atom. The lowest BCUT2D eigenvalue weighted by atomic mass is 10.3. The van der Waals surface area contributed by atoms with Gasteiger partial charge in [-0.05, 0) is 0 Å². The molecule has 0 unspecified atom stereocenters. The summed E-state index contributed by atoms with van der Waals surface area (Å²) < 4.78 is 4.71. The van der Waals surface area contributed by atoms with E-state index in [1.807, 2.05) is 0 Å². The van der Waals surface area contributed by atoms with Gasteiger partial charge in [0.1, 0.15) is 0 Å². The molecule has 0 atom stereocenters. The van der Waals surface area contributed by atoms with E-state index >= 15 is 0 Å². The predicted octanol–water partition coefficient (Wildman–Crippen LogP) is 0.0218. The van der Waals surface area contributed by atoms with Crippen molar-refractivity contribution >= 4 is 17.8 Å². The second-order valence-corrected chi connectivity index (χ2v) is 3.36. The molecular formula is C9H8N2O5. The maximum absolute atomic E-state index is 11.3. The van der Waals surface area contributed by atoms with Gasteiger partial charge >= 0.3 is 5.97 Å². The molecule has 0 bridgehead atoms. The van der Waals surface area contributed by atoms with Crippen LogP contribution in [0, 0.1) is 0 Å².